The first-order valence-electron chi connectivity index (χ1n) is 9.88. The maximum absolute atomic E-state index is 13.6. The van der Waals surface area contributed by atoms with Crippen LogP contribution in [0.2, 0.25) is 0 Å². The largest absolute Gasteiger partial charge is 0.489 e. The van der Waals surface area contributed by atoms with Crippen molar-refractivity contribution in [1.82, 2.24) is 4.98 Å². The lowest BCUT2D eigenvalue weighted by Gasteiger charge is -2.10. The van der Waals surface area contributed by atoms with Gasteiger partial charge in [-0.1, -0.05) is 24.3 Å². The van der Waals surface area contributed by atoms with Gasteiger partial charge in [0.2, 0.25) is 0 Å². The van der Waals surface area contributed by atoms with Gasteiger partial charge in [0.25, 0.3) is 0 Å². The van der Waals surface area contributed by atoms with Crippen LogP contribution in [0.4, 0.5) is 0 Å². The van der Waals surface area contributed by atoms with E-state index in [1.807, 2.05) is 12.1 Å². The van der Waals surface area contributed by atoms with Crippen LogP contribution in [0.5, 0.6) is 5.75 Å². The molecule has 0 bridgehead atoms. The van der Waals surface area contributed by atoms with Gasteiger partial charge in [0, 0.05) is 40.5 Å². The summed E-state index contributed by atoms with van der Waals surface area (Å²) in [5.41, 5.74) is 1.46. The molecule has 168 valence electrons. The van der Waals surface area contributed by atoms with E-state index in [0.717, 1.165) is 16.9 Å². The Labute approximate surface area is 196 Å². The number of pyridine rings is 1. The zero-order valence-electron chi connectivity index (χ0n) is 17.5. The standard InChI is InChI=1S/C24H19NO6S2/c1-15(26)30-14-17-6-2-3-7-21(17)33(29)23-19-9-8-18(11-20(19)32-22(23)24(27)28)31-13-16-5-4-10-25-12-16/h2-12H,13-14H2,1H3,(H,27,28). The van der Waals surface area contributed by atoms with Crippen LogP contribution in [0, 0.1) is 0 Å². The minimum atomic E-state index is -1.80. The predicted octanol–water partition coefficient (Wildman–Crippen LogP) is 4.80. The molecule has 0 spiro atoms. The minimum absolute atomic E-state index is 0.00460. The number of benzene rings is 2. The quantitative estimate of drug-likeness (QED) is 0.361. The van der Waals surface area contributed by atoms with Gasteiger partial charge in [0.05, 0.1) is 20.6 Å². The summed E-state index contributed by atoms with van der Waals surface area (Å²) < 4.78 is 25.1. The highest BCUT2D eigenvalue weighted by Crippen LogP contribution is 2.38. The molecule has 0 fully saturated rings. The van der Waals surface area contributed by atoms with Crippen LogP contribution in [-0.4, -0.2) is 26.2 Å². The summed E-state index contributed by atoms with van der Waals surface area (Å²) in [7, 11) is -1.80. The number of hydrogen-bond donors (Lipinski definition) is 1. The van der Waals surface area contributed by atoms with Crippen molar-refractivity contribution in [2.45, 2.75) is 29.9 Å². The second-order valence-corrected chi connectivity index (χ2v) is 9.47. The van der Waals surface area contributed by atoms with Crippen molar-refractivity contribution in [3.05, 3.63) is 83.0 Å². The highest BCUT2D eigenvalue weighted by Gasteiger charge is 2.25. The molecule has 9 heteroatoms. The van der Waals surface area contributed by atoms with Crippen molar-refractivity contribution in [3.63, 3.8) is 0 Å². The lowest BCUT2D eigenvalue weighted by atomic mass is 10.2. The number of aromatic nitrogens is 1. The number of carboxylic acids is 1. The predicted molar refractivity (Wildman–Crippen MR) is 124 cm³/mol. The second-order valence-electron chi connectivity index (χ2n) is 7.03. The highest BCUT2D eigenvalue weighted by atomic mass is 32.2. The number of thiophene rings is 1. The Morgan fingerprint density at radius 3 is 2.64 bits per heavy atom. The van der Waals surface area contributed by atoms with E-state index < -0.39 is 22.7 Å². The Balaban J connectivity index is 1.70. The number of rotatable bonds is 8. The fourth-order valence-corrected chi connectivity index (χ4v) is 6.01. The number of hydrogen-bond acceptors (Lipinski definition) is 7. The van der Waals surface area contributed by atoms with Gasteiger partial charge < -0.3 is 14.6 Å². The number of carboxylic acid groups (broad SMARTS) is 1. The topological polar surface area (TPSA) is 103 Å². The summed E-state index contributed by atoms with van der Waals surface area (Å²) in [5, 5.41) is 10.4. The van der Waals surface area contributed by atoms with E-state index in [1.54, 1.807) is 54.9 Å². The molecule has 4 rings (SSSR count). The number of carbonyl (C=O) groups excluding carboxylic acids is 1. The fourth-order valence-electron chi connectivity index (χ4n) is 3.21. The SMILES string of the molecule is CC(=O)OCc1ccccc1S(=O)c1c(C(=O)O)sc2cc(OCc3cccnc3)ccc12. The molecule has 0 amide bonds. The van der Waals surface area contributed by atoms with Crippen LogP contribution in [0.3, 0.4) is 0 Å². The molecule has 0 aliphatic carbocycles. The zero-order chi connectivity index (χ0) is 23.4. The van der Waals surface area contributed by atoms with E-state index in [1.165, 1.54) is 6.92 Å². The molecule has 0 saturated carbocycles. The average molecular weight is 482 g/mol. The molecule has 33 heavy (non-hydrogen) atoms. The van der Waals surface area contributed by atoms with Crippen molar-refractivity contribution in [1.29, 1.82) is 0 Å². The van der Waals surface area contributed by atoms with Crippen LogP contribution < -0.4 is 4.74 Å². The molecule has 0 radical (unpaired) electrons. The van der Waals surface area contributed by atoms with Crippen LogP contribution in [0.25, 0.3) is 10.1 Å². The minimum Gasteiger partial charge on any atom is -0.489 e. The van der Waals surface area contributed by atoms with Gasteiger partial charge in [-0.15, -0.1) is 11.3 Å². The summed E-state index contributed by atoms with van der Waals surface area (Å²) in [4.78, 5) is 27.9. The van der Waals surface area contributed by atoms with Crippen molar-refractivity contribution < 1.29 is 28.4 Å². The van der Waals surface area contributed by atoms with Gasteiger partial charge in [-0.2, -0.15) is 0 Å². The van der Waals surface area contributed by atoms with E-state index >= 15 is 0 Å². The van der Waals surface area contributed by atoms with Crippen LogP contribution >= 0.6 is 11.3 Å². The number of fused-ring (bicyclic) bond motifs is 1. The van der Waals surface area contributed by atoms with E-state index in [0.29, 0.717) is 32.9 Å². The lowest BCUT2D eigenvalue weighted by molar-refractivity contribution is -0.142. The molecule has 7 nitrogen and oxygen atoms in total. The molecular weight excluding hydrogens is 462 g/mol. The van der Waals surface area contributed by atoms with Crippen molar-refractivity contribution in [3.8, 4) is 5.75 Å². The summed E-state index contributed by atoms with van der Waals surface area (Å²) in [5.74, 6) is -1.05. The summed E-state index contributed by atoms with van der Waals surface area (Å²) in [6.07, 6.45) is 3.39. The number of esters is 1. The van der Waals surface area contributed by atoms with Crippen LogP contribution in [0.15, 0.2) is 76.8 Å². The highest BCUT2D eigenvalue weighted by molar-refractivity contribution is 7.85. The van der Waals surface area contributed by atoms with E-state index in [2.05, 4.69) is 4.98 Å². The smallest absolute Gasteiger partial charge is 0.347 e. The van der Waals surface area contributed by atoms with Crippen LogP contribution in [-0.2, 0) is 33.5 Å². The van der Waals surface area contributed by atoms with Gasteiger partial charge in [-0.25, -0.2) is 9.00 Å². The van der Waals surface area contributed by atoms with Gasteiger partial charge in [-0.3, -0.25) is 9.78 Å². The van der Waals surface area contributed by atoms with Crippen molar-refractivity contribution >= 4 is 44.2 Å². The molecule has 0 aliphatic heterocycles. The number of aromatic carboxylic acids is 1. The second kappa shape index (κ2) is 9.93. The molecular formula is C24H19NO6S2. The van der Waals surface area contributed by atoms with Crippen molar-refractivity contribution in [2.75, 3.05) is 0 Å². The molecule has 2 aromatic heterocycles. The number of carbonyl (C=O) groups is 2. The lowest BCUT2D eigenvalue weighted by Crippen LogP contribution is -2.06. The third-order valence-corrected chi connectivity index (χ3v) is 7.59. The van der Waals surface area contributed by atoms with Gasteiger partial charge in [-0.05, 0) is 30.3 Å². The molecule has 1 unspecified atom stereocenters. The Morgan fingerprint density at radius 2 is 1.91 bits per heavy atom. The summed E-state index contributed by atoms with van der Waals surface area (Å²) in [6.45, 7) is 1.56. The third kappa shape index (κ3) is 5.10. The van der Waals surface area contributed by atoms with Gasteiger partial charge in [0.1, 0.15) is 23.8 Å². The maximum Gasteiger partial charge on any atom is 0.347 e. The number of nitrogens with zero attached hydrogens (tertiary/aromatic N) is 1. The first kappa shape index (κ1) is 22.6. The molecule has 1 atom stereocenters. The Hall–Kier alpha value is -3.56. The third-order valence-electron chi connectivity index (χ3n) is 4.73. The first-order valence-corrected chi connectivity index (χ1v) is 11.8. The molecule has 1 N–H and O–H groups in total. The number of ether oxygens (including phenoxy) is 2. The molecule has 0 aliphatic rings. The average Bonchev–Trinajstić information content (AvgIpc) is 3.21. The van der Waals surface area contributed by atoms with Crippen LogP contribution in [0.1, 0.15) is 27.7 Å². The zero-order valence-corrected chi connectivity index (χ0v) is 19.2. The molecule has 0 saturated heterocycles. The molecule has 4 aromatic rings. The van der Waals surface area contributed by atoms with Gasteiger partial charge >= 0.3 is 11.9 Å². The summed E-state index contributed by atoms with van der Waals surface area (Å²) >= 11 is 1.04. The Kier molecular flexibility index (Phi) is 6.81. The Morgan fingerprint density at radius 1 is 1.09 bits per heavy atom. The van der Waals surface area contributed by atoms with Crippen molar-refractivity contribution in [2.24, 2.45) is 0 Å². The normalized spacial score (nSPS) is 11.8. The molecule has 2 heterocycles. The monoisotopic (exact) mass is 481 g/mol. The summed E-state index contributed by atoms with van der Waals surface area (Å²) in [6, 6.07) is 15.7. The fraction of sp³-hybridized carbons (Fsp3) is 0.125. The van der Waals surface area contributed by atoms with Gasteiger partial charge in [0.15, 0.2) is 0 Å². The Bertz CT molecular complexity index is 1350. The van der Waals surface area contributed by atoms with E-state index in [9.17, 15) is 18.9 Å². The maximum atomic E-state index is 13.6. The first-order chi connectivity index (χ1) is 15.9. The van der Waals surface area contributed by atoms with E-state index in [4.69, 9.17) is 9.47 Å². The molecule has 2 aromatic carbocycles. The van der Waals surface area contributed by atoms with E-state index in [-0.39, 0.29) is 16.4 Å².